The molecule has 1 rings (SSSR count). The lowest BCUT2D eigenvalue weighted by molar-refractivity contribution is 0.0697. The maximum Gasteiger partial charge on any atom is 0.335 e. The van der Waals surface area contributed by atoms with Crippen molar-refractivity contribution in [2.45, 2.75) is 20.3 Å². The molecule has 0 radical (unpaired) electrons. The van der Waals surface area contributed by atoms with Gasteiger partial charge in [-0.3, -0.25) is 0 Å². The number of hydrogen-bond acceptors (Lipinski definition) is 3. The van der Waals surface area contributed by atoms with Gasteiger partial charge in [0.05, 0.1) is 5.56 Å². The summed E-state index contributed by atoms with van der Waals surface area (Å²) in [7, 11) is 0. The molecular weight excluding hydrogens is 192 g/mol. The molecule has 0 amide bonds. The summed E-state index contributed by atoms with van der Waals surface area (Å²) in [5.41, 5.74) is 0.261. The lowest BCUT2D eigenvalue weighted by atomic mass is 10.1. The number of carboxylic acids is 1. The lowest BCUT2D eigenvalue weighted by Crippen LogP contribution is -2.07. The molecule has 1 heterocycles. The molecule has 4 nitrogen and oxygen atoms in total. The van der Waals surface area contributed by atoms with E-state index >= 15 is 0 Å². The summed E-state index contributed by atoms with van der Waals surface area (Å²) in [5, 5.41) is 11.9. The number of rotatable bonds is 5. The van der Waals surface area contributed by atoms with Crippen molar-refractivity contribution >= 4 is 11.8 Å². The molecule has 0 fully saturated rings. The van der Waals surface area contributed by atoms with Crippen molar-refractivity contribution in [2.75, 3.05) is 11.9 Å². The fraction of sp³-hybridized carbons (Fsp3) is 0.455. The number of aromatic nitrogens is 1. The summed E-state index contributed by atoms with van der Waals surface area (Å²) in [6.45, 7) is 5.10. The van der Waals surface area contributed by atoms with Crippen molar-refractivity contribution in [1.29, 1.82) is 0 Å². The molecule has 1 aromatic rings. The molecule has 0 spiro atoms. The first-order chi connectivity index (χ1) is 7.09. The van der Waals surface area contributed by atoms with Gasteiger partial charge in [-0.15, -0.1) is 0 Å². The number of nitrogens with zero attached hydrogens (tertiary/aromatic N) is 1. The second kappa shape index (κ2) is 5.34. The van der Waals surface area contributed by atoms with Gasteiger partial charge in [-0.25, -0.2) is 9.78 Å². The summed E-state index contributed by atoms with van der Waals surface area (Å²) in [4.78, 5) is 14.7. The molecule has 0 bridgehead atoms. The molecule has 0 aromatic carbocycles. The summed E-state index contributed by atoms with van der Waals surface area (Å²) in [6, 6.07) is 3.03. The first-order valence-electron chi connectivity index (χ1n) is 5.03. The number of carbonyl (C=O) groups is 1. The minimum absolute atomic E-state index is 0.261. The van der Waals surface area contributed by atoms with Crippen LogP contribution in [0.15, 0.2) is 18.3 Å². The molecule has 0 aliphatic heterocycles. The number of carboxylic acid groups (broad SMARTS) is 1. The molecule has 0 saturated heterocycles. The van der Waals surface area contributed by atoms with Crippen LogP contribution in [0.2, 0.25) is 0 Å². The fourth-order valence-electron chi connectivity index (χ4n) is 1.15. The van der Waals surface area contributed by atoms with E-state index in [4.69, 9.17) is 5.11 Å². The van der Waals surface area contributed by atoms with Crippen molar-refractivity contribution in [1.82, 2.24) is 4.98 Å². The van der Waals surface area contributed by atoms with Gasteiger partial charge in [0.25, 0.3) is 0 Å². The Morgan fingerprint density at radius 1 is 1.60 bits per heavy atom. The Kier molecular flexibility index (Phi) is 4.09. The first-order valence-corrected chi connectivity index (χ1v) is 5.03. The minimum atomic E-state index is -0.927. The molecule has 15 heavy (non-hydrogen) atoms. The van der Waals surface area contributed by atoms with Crippen LogP contribution in [-0.2, 0) is 0 Å². The van der Waals surface area contributed by atoms with Crippen molar-refractivity contribution in [3.8, 4) is 0 Å². The van der Waals surface area contributed by atoms with E-state index in [9.17, 15) is 4.79 Å². The molecule has 0 aliphatic carbocycles. The third-order valence-corrected chi connectivity index (χ3v) is 2.03. The van der Waals surface area contributed by atoms with Crippen LogP contribution < -0.4 is 5.32 Å². The molecule has 0 atom stereocenters. The summed E-state index contributed by atoms with van der Waals surface area (Å²) < 4.78 is 0. The standard InChI is InChI=1S/C11H16N2O2/c1-8(2)3-5-12-10-7-9(11(14)15)4-6-13-10/h4,6-8H,3,5H2,1-2H3,(H,12,13)(H,14,15). The van der Waals surface area contributed by atoms with Gasteiger partial charge in [-0.2, -0.15) is 0 Å². The van der Waals surface area contributed by atoms with Gasteiger partial charge >= 0.3 is 5.97 Å². The molecule has 1 aromatic heterocycles. The Hall–Kier alpha value is -1.58. The maximum absolute atomic E-state index is 10.7. The zero-order chi connectivity index (χ0) is 11.3. The third kappa shape index (κ3) is 3.97. The van der Waals surface area contributed by atoms with Crippen LogP contribution in [0.25, 0.3) is 0 Å². The van der Waals surface area contributed by atoms with E-state index in [2.05, 4.69) is 24.1 Å². The molecular formula is C11H16N2O2. The summed E-state index contributed by atoms with van der Waals surface area (Å²) in [6.07, 6.45) is 2.54. The van der Waals surface area contributed by atoms with Crippen LogP contribution in [0.5, 0.6) is 0 Å². The van der Waals surface area contributed by atoms with E-state index in [1.54, 1.807) is 6.07 Å². The smallest absolute Gasteiger partial charge is 0.335 e. The van der Waals surface area contributed by atoms with Crippen LogP contribution in [0.3, 0.4) is 0 Å². The van der Waals surface area contributed by atoms with Gasteiger partial charge < -0.3 is 10.4 Å². The predicted molar refractivity (Wildman–Crippen MR) is 59.1 cm³/mol. The normalized spacial score (nSPS) is 10.3. The molecule has 82 valence electrons. The summed E-state index contributed by atoms with van der Waals surface area (Å²) in [5.74, 6) is 0.319. The van der Waals surface area contributed by atoms with Crippen LogP contribution in [0, 0.1) is 5.92 Å². The predicted octanol–water partition coefficient (Wildman–Crippen LogP) is 2.24. The monoisotopic (exact) mass is 208 g/mol. The van der Waals surface area contributed by atoms with Gasteiger partial charge in [0.2, 0.25) is 0 Å². The number of pyridine rings is 1. The van der Waals surface area contributed by atoms with E-state index in [0.29, 0.717) is 11.7 Å². The molecule has 2 N–H and O–H groups in total. The fourth-order valence-corrected chi connectivity index (χ4v) is 1.15. The van der Waals surface area contributed by atoms with Crippen molar-refractivity contribution in [3.05, 3.63) is 23.9 Å². The maximum atomic E-state index is 10.7. The molecule has 4 heteroatoms. The highest BCUT2D eigenvalue weighted by molar-refractivity contribution is 5.88. The lowest BCUT2D eigenvalue weighted by Gasteiger charge is -2.07. The molecule has 0 aliphatic rings. The minimum Gasteiger partial charge on any atom is -0.478 e. The Bertz CT molecular complexity index is 337. The van der Waals surface area contributed by atoms with Gasteiger partial charge in [0, 0.05) is 12.7 Å². The van der Waals surface area contributed by atoms with E-state index < -0.39 is 5.97 Å². The van der Waals surface area contributed by atoms with Crippen LogP contribution in [-0.4, -0.2) is 22.6 Å². The van der Waals surface area contributed by atoms with Crippen LogP contribution in [0.1, 0.15) is 30.6 Å². The average molecular weight is 208 g/mol. The zero-order valence-electron chi connectivity index (χ0n) is 9.03. The van der Waals surface area contributed by atoms with Crippen molar-refractivity contribution in [3.63, 3.8) is 0 Å². The number of nitrogens with one attached hydrogen (secondary N) is 1. The van der Waals surface area contributed by atoms with E-state index in [0.717, 1.165) is 13.0 Å². The average Bonchev–Trinajstić information content (AvgIpc) is 2.17. The first kappa shape index (κ1) is 11.5. The van der Waals surface area contributed by atoms with Gasteiger partial charge in [-0.05, 0) is 24.5 Å². The Morgan fingerprint density at radius 3 is 2.93 bits per heavy atom. The highest BCUT2D eigenvalue weighted by atomic mass is 16.4. The highest BCUT2D eigenvalue weighted by Gasteiger charge is 2.03. The number of hydrogen-bond donors (Lipinski definition) is 2. The van der Waals surface area contributed by atoms with Gasteiger partial charge in [0.15, 0.2) is 0 Å². The second-order valence-corrected chi connectivity index (χ2v) is 3.84. The topological polar surface area (TPSA) is 62.2 Å². The number of anilines is 1. The van der Waals surface area contributed by atoms with E-state index in [-0.39, 0.29) is 5.56 Å². The Morgan fingerprint density at radius 2 is 2.33 bits per heavy atom. The van der Waals surface area contributed by atoms with Crippen molar-refractivity contribution in [2.24, 2.45) is 5.92 Å². The quantitative estimate of drug-likeness (QED) is 0.779. The van der Waals surface area contributed by atoms with E-state index in [1.807, 2.05) is 0 Å². The van der Waals surface area contributed by atoms with Gasteiger partial charge in [0.1, 0.15) is 5.82 Å². The van der Waals surface area contributed by atoms with Crippen LogP contribution >= 0.6 is 0 Å². The third-order valence-electron chi connectivity index (χ3n) is 2.03. The second-order valence-electron chi connectivity index (χ2n) is 3.84. The van der Waals surface area contributed by atoms with Gasteiger partial charge in [-0.1, -0.05) is 13.8 Å². The Balaban J connectivity index is 2.54. The summed E-state index contributed by atoms with van der Waals surface area (Å²) >= 11 is 0. The molecule has 0 unspecified atom stereocenters. The van der Waals surface area contributed by atoms with Crippen LogP contribution in [0.4, 0.5) is 5.82 Å². The zero-order valence-corrected chi connectivity index (χ0v) is 9.03. The largest absolute Gasteiger partial charge is 0.478 e. The Labute approximate surface area is 89.3 Å². The van der Waals surface area contributed by atoms with E-state index in [1.165, 1.54) is 12.3 Å². The SMILES string of the molecule is CC(C)CCNc1cc(C(=O)O)ccn1. The van der Waals surface area contributed by atoms with Crippen molar-refractivity contribution < 1.29 is 9.90 Å². The number of aromatic carboxylic acids is 1. The molecule has 0 saturated carbocycles. The highest BCUT2D eigenvalue weighted by Crippen LogP contribution is 2.07.